The molecule has 0 spiro atoms. The van der Waals surface area contributed by atoms with Gasteiger partial charge >= 0.3 is 0 Å². The van der Waals surface area contributed by atoms with Crippen LogP contribution in [0.5, 0.6) is 0 Å². The predicted molar refractivity (Wildman–Crippen MR) is 115 cm³/mol. The van der Waals surface area contributed by atoms with Crippen molar-refractivity contribution in [3.63, 3.8) is 0 Å². The van der Waals surface area contributed by atoms with E-state index in [1.807, 2.05) is 12.1 Å². The summed E-state index contributed by atoms with van der Waals surface area (Å²) in [7, 11) is 0. The number of nitrogens with zero attached hydrogens (tertiary/aromatic N) is 2. The summed E-state index contributed by atoms with van der Waals surface area (Å²) < 4.78 is 0.826. The minimum Gasteiger partial charge on any atom is -0.300 e. The molecule has 4 aliphatic carbocycles. The summed E-state index contributed by atoms with van der Waals surface area (Å²) >= 11 is 15.2. The maximum absolute atomic E-state index is 13.1. The molecule has 28 heavy (non-hydrogen) atoms. The number of nitrogens with one attached hydrogen (secondary N) is 1. The minimum atomic E-state index is -0.162. The number of aromatic nitrogens is 2. The van der Waals surface area contributed by atoms with E-state index in [9.17, 15) is 4.79 Å². The SMILES string of the molecule is O=C(Nc1nnc(SCc2ccc(Cl)cc2Cl)s1)C12CC3CC(CC(C3)C1)C2. The van der Waals surface area contributed by atoms with Gasteiger partial charge in [0.25, 0.3) is 0 Å². The zero-order valence-corrected chi connectivity index (χ0v) is 18.4. The molecular formula is C20H21Cl2N3OS2. The Morgan fingerprint density at radius 3 is 2.46 bits per heavy atom. The van der Waals surface area contributed by atoms with Gasteiger partial charge in [-0.2, -0.15) is 0 Å². The normalized spacial score (nSPS) is 30.6. The van der Waals surface area contributed by atoms with Crippen LogP contribution in [0.1, 0.15) is 44.1 Å². The number of anilines is 1. The lowest BCUT2D eigenvalue weighted by atomic mass is 9.49. The monoisotopic (exact) mass is 453 g/mol. The Kier molecular flexibility index (Phi) is 5.10. The molecule has 148 valence electrons. The average Bonchev–Trinajstić information content (AvgIpc) is 3.07. The van der Waals surface area contributed by atoms with Gasteiger partial charge in [0.05, 0.1) is 5.41 Å². The van der Waals surface area contributed by atoms with E-state index >= 15 is 0 Å². The highest BCUT2D eigenvalue weighted by atomic mass is 35.5. The van der Waals surface area contributed by atoms with Crippen molar-refractivity contribution in [3.8, 4) is 0 Å². The lowest BCUT2D eigenvalue weighted by molar-refractivity contribution is -0.140. The Morgan fingerprint density at radius 2 is 1.82 bits per heavy atom. The Morgan fingerprint density at radius 1 is 1.14 bits per heavy atom. The smallest absolute Gasteiger partial charge is 0.232 e. The molecule has 6 rings (SSSR count). The fraction of sp³-hybridized carbons (Fsp3) is 0.550. The fourth-order valence-electron chi connectivity index (χ4n) is 5.72. The average molecular weight is 454 g/mol. The molecule has 0 aliphatic heterocycles. The van der Waals surface area contributed by atoms with Crippen molar-refractivity contribution in [1.82, 2.24) is 10.2 Å². The predicted octanol–water partition coefficient (Wildman–Crippen LogP) is 6.29. The van der Waals surface area contributed by atoms with Crippen LogP contribution in [-0.2, 0) is 10.5 Å². The number of hydrogen-bond donors (Lipinski definition) is 1. The first-order valence-electron chi connectivity index (χ1n) is 9.71. The third-order valence-corrected chi connectivity index (χ3v) is 9.12. The van der Waals surface area contributed by atoms with Crippen LogP contribution in [0.25, 0.3) is 0 Å². The Bertz CT molecular complexity index is 881. The molecule has 1 aromatic heterocycles. The Labute approximate surface area is 182 Å². The van der Waals surface area contributed by atoms with Crippen molar-refractivity contribution in [2.75, 3.05) is 5.32 Å². The van der Waals surface area contributed by atoms with Gasteiger partial charge in [0, 0.05) is 15.8 Å². The molecule has 1 N–H and O–H groups in total. The molecular weight excluding hydrogens is 433 g/mol. The molecule has 1 amide bonds. The zero-order chi connectivity index (χ0) is 19.3. The minimum absolute atomic E-state index is 0.162. The van der Waals surface area contributed by atoms with Gasteiger partial charge in [0.2, 0.25) is 11.0 Å². The van der Waals surface area contributed by atoms with Crippen molar-refractivity contribution < 1.29 is 4.79 Å². The van der Waals surface area contributed by atoms with Crippen LogP contribution in [0.4, 0.5) is 5.13 Å². The lowest BCUT2D eigenvalue weighted by Gasteiger charge is -2.55. The Hall–Kier alpha value is -0.820. The van der Waals surface area contributed by atoms with E-state index in [-0.39, 0.29) is 11.3 Å². The molecule has 1 heterocycles. The summed E-state index contributed by atoms with van der Waals surface area (Å²) in [5.41, 5.74) is 0.843. The molecule has 8 heteroatoms. The highest BCUT2D eigenvalue weighted by Gasteiger charge is 2.54. The van der Waals surface area contributed by atoms with Crippen LogP contribution in [0.3, 0.4) is 0 Å². The maximum atomic E-state index is 13.1. The summed E-state index contributed by atoms with van der Waals surface area (Å²) in [6, 6.07) is 5.51. The summed E-state index contributed by atoms with van der Waals surface area (Å²) in [6.45, 7) is 0. The number of benzene rings is 1. The van der Waals surface area contributed by atoms with Gasteiger partial charge in [-0.3, -0.25) is 4.79 Å². The van der Waals surface area contributed by atoms with E-state index in [1.54, 1.807) is 17.8 Å². The number of thioether (sulfide) groups is 1. The van der Waals surface area contributed by atoms with Gasteiger partial charge in [-0.15, -0.1) is 10.2 Å². The van der Waals surface area contributed by atoms with Crippen molar-refractivity contribution >= 4 is 57.3 Å². The second-order valence-electron chi connectivity index (χ2n) is 8.55. The van der Waals surface area contributed by atoms with Crippen molar-refractivity contribution in [2.45, 2.75) is 48.6 Å². The number of hydrogen-bond acceptors (Lipinski definition) is 5. The third-order valence-electron chi connectivity index (χ3n) is 6.51. The molecule has 4 saturated carbocycles. The molecule has 0 saturated heterocycles. The summed E-state index contributed by atoms with van der Waals surface area (Å²) in [6.07, 6.45) is 7.17. The highest BCUT2D eigenvalue weighted by Crippen LogP contribution is 2.60. The molecule has 0 unspecified atom stereocenters. The van der Waals surface area contributed by atoms with E-state index in [1.165, 1.54) is 30.6 Å². The number of rotatable bonds is 5. The number of halogens is 2. The first kappa shape index (κ1) is 19.2. The quantitative estimate of drug-likeness (QED) is 0.426. The van der Waals surface area contributed by atoms with Crippen LogP contribution in [0.15, 0.2) is 22.5 Å². The summed E-state index contributed by atoms with van der Waals surface area (Å²) in [5, 5.41) is 13.4. The third kappa shape index (κ3) is 3.69. The second-order valence-corrected chi connectivity index (χ2v) is 11.6. The highest BCUT2D eigenvalue weighted by molar-refractivity contribution is 8.00. The van der Waals surface area contributed by atoms with Gasteiger partial charge in [0.1, 0.15) is 0 Å². The summed E-state index contributed by atoms with van der Waals surface area (Å²) in [5.74, 6) is 3.11. The first-order valence-corrected chi connectivity index (χ1v) is 12.3. The van der Waals surface area contributed by atoms with Crippen molar-refractivity contribution in [1.29, 1.82) is 0 Å². The second kappa shape index (κ2) is 7.46. The summed E-state index contributed by atoms with van der Waals surface area (Å²) in [4.78, 5) is 13.1. The van der Waals surface area contributed by atoms with Gasteiger partial charge in [-0.25, -0.2) is 0 Å². The van der Waals surface area contributed by atoms with E-state index < -0.39 is 0 Å². The van der Waals surface area contributed by atoms with Crippen molar-refractivity contribution in [3.05, 3.63) is 33.8 Å². The molecule has 1 aromatic carbocycles. The molecule has 4 nitrogen and oxygen atoms in total. The van der Waals surface area contributed by atoms with Gasteiger partial charge < -0.3 is 5.32 Å². The fourth-order valence-corrected chi connectivity index (χ4v) is 8.02. The van der Waals surface area contributed by atoms with Gasteiger partial charge in [-0.1, -0.05) is 52.4 Å². The molecule has 4 bridgehead atoms. The van der Waals surface area contributed by atoms with E-state index in [2.05, 4.69) is 15.5 Å². The van der Waals surface area contributed by atoms with Gasteiger partial charge in [-0.05, 0) is 74.0 Å². The molecule has 0 atom stereocenters. The van der Waals surface area contributed by atoms with Gasteiger partial charge in [0.15, 0.2) is 4.34 Å². The Balaban J connectivity index is 1.22. The zero-order valence-electron chi connectivity index (χ0n) is 15.3. The molecule has 2 aromatic rings. The molecule has 4 fully saturated rings. The van der Waals surface area contributed by atoms with E-state index in [4.69, 9.17) is 23.2 Å². The van der Waals surface area contributed by atoms with Crippen molar-refractivity contribution in [2.24, 2.45) is 23.2 Å². The van der Waals surface area contributed by atoms with Crippen LogP contribution >= 0.6 is 46.3 Å². The first-order chi connectivity index (χ1) is 13.5. The molecule has 0 radical (unpaired) electrons. The number of amides is 1. The largest absolute Gasteiger partial charge is 0.300 e. The van der Waals surface area contributed by atoms with E-state index in [0.717, 1.165) is 46.9 Å². The maximum Gasteiger partial charge on any atom is 0.232 e. The number of carbonyl (C=O) groups excluding carboxylic acids is 1. The number of carbonyl (C=O) groups is 1. The van der Waals surface area contributed by atoms with Crippen LogP contribution in [0.2, 0.25) is 10.0 Å². The topological polar surface area (TPSA) is 54.9 Å². The van der Waals surface area contributed by atoms with Crippen LogP contribution in [-0.4, -0.2) is 16.1 Å². The van der Waals surface area contributed by atoms with Crippen LogP contribution < -0.4 is 5.32 Å². The molecule has 4 aliphatic rings. The van der Waals surface area contributed by atoms with Crippen LogP contribution in [0, 0.1) is 23.2 Å². The lowest BCUT2D eigenvalue weighted by Crippen LogP contribution is -2.51. The standard InChI is InChI=1S/C20H21Cl2N3OS2/c21-15-2-1-14(16(22)6-15)10-27-19-25-24-18(28-19)23-17(26)20-7-11-3-12(8-20)5-13(4-11)9-20/h1-2,6,11-13H,3-5,7-10H2,(H,23,24,26). The van der Waals surface area contributed by atoms with E-state index in [0.29, 0.717) is 20.9 Å².